The van der Waals surface area contributed by atoms with Crippen LogP contribution in [0.15, 0.2) is 24.1 Å². The number of methoxy groups -OCH3 is 1. The van der Waals surface area contributed by atoms with Gasteiger partial charge in [-0.25, -0.2) is 4.39 Å². The zero-order valence-electron chi connectivity index (χ0n) is 10.8. The molecular weight excluding hydrogens is 235 g/mol. The molecule has 0 spiro atoms. The first-order chi connectivity index (χ1) is 8.63. The van der Waals surface area contributed by atoms with E-state index in [1.807, 2.05) is 13.0 Å². The lowest BCUT2D eigenvalue weighted by atomic mass is 9.71. The minimum atomic E-state index is -0.240. The fraction of sp³-hybridized carbons (Fsp3) is 0.643. The molecule has 100 valence electrons. The Morgan fingerprint density at radius 2 is 2.33 bits per heavy atom. The summed E-state index contributed by atoms with van der Waals surface area (Å²) in [6, 6.07) is 0. The molecule has 1 fully saturated rings. The van der Waals surface area contributed by atoms with Crippen LogP contribution in [0.25, 0.3) is 0 Å². The van der Waals surface area contributed by atoms with Crippen molar-refractivity contribution in [2.75, 3.05) is 20.3 Å². The van der Waals surface area contributed by atoms with Crippen molar-refractivity contribution in [2.45, 2.75) is 13.3 Å². The van der Waals surface area contributed by atoms with Gasteiger partial charge in [0.15, 0.2) is 0 Å². The van der Waals surface area contributed by atoms with Crippen LogP contribution in [-0.4, -0.2) is 26.3 Å². The molecule has 0 aromatic rings. The van der Waals surface area contributed by atoms with Gasteiger partial charge in [-0.1, -0.05) is 13.0 Å². The third kappa shape index (κ3) is 2.64. The highest BCUT2D eigenvalue weighted by atomic mass is 19.1. The van der Waals surface area contributed by atoms with Crippen molar-refractivity contribution in [1.29, 1.82) is 0 Å². The van der Waals surface area contributed by atoms with Gasteiger partial charge in [-0.15, -0.1) is 0 Å². The normalized spacial score (nSPS) is 36.1. The number of hydrogen-bond donors (Lipinski definition) is 0. The Labute approximate surface area is 107 Å². The van der Waals surface area contributed by atoms with Crippen LogP contribution in [0.4, 0.5) is 4.39 Å². The highest BCUT2D eigenvalue weighted by Gasteiger charge is 2.38. The lowest BCUT2D eigenvalue weighted by Gasteiger charge is -2.37. The second kappa shape index (κ2) is 5.65. The van der Waals surface area contributed by atoms with Gasteiger partial charge in [-0.05, 0) is 36.3 Å². The summed E-state index contributed by atoms with van der Waals surface area (Å²) in [5, 5.41) is 0. The van der Waals surface area contributed by atoms with Crippen LogP contribution in [0.3, 0.4) is 0 Å². The molecule has 18 heavy (non-hydrogen) atoms. The molecule has 1 aliphatic heterocycles. The lowest BCUT2D eigenvalue weighted by Crippen LogP contribution is -2.39. The van der Waals surface area contributed by atoms with Gasteiger partial charge in [0.05, 0.1) is 19.6 Å². The Hall–Kier alpha value is -1.16. The summed E-state index contributed by atoms with van der Waals surface area (Å²) >= 11 is 0. The molecule has 0 amide bonds. The van der Waals surface area contributed by atoms with Crippen molar-refractivity contribution in [3.63, 3.8) is 0 Å². The van der Waals surface area contributed by atoms with E-state index >= 15 is 0 Å². The zero-order chi connectivity index (χ0) is 13.1. The summed E-state index contributed by atoms with van der Waals surface area (Å²) in [6.45, 7) is 3.04. The molecule has 1 aliphatic carbocycles. The van der Waals surface area contributed by atoms with Crippen LogP contribution in [0.1, 0.15) is 13.3 Å². The summed E-state index contributed by atoms with van der Waals surface area (Å²) in [5.74, 6) is -0.212. The van der Waals surface area contributed by atoms with E-state index in [0.29, 0.717) is 13.2 Å². The van der Waals surface area contributed by atoms with Gasteiger partial charge in [-0.2, -0.15) is 0 Å². The Kier molecular flexibility index (Phi) is 4.17. The third-order valence-electron chi connectivity index (χ3n) is 3.91. The van der Waals surface area contributed by atoms with Gasteiger partial charge in [-0.3, -0.25) is 4.79 Å². The van der Waals surface area contributed by atoms with Crippen LogP contribution in [0.5, 0.6) is 0 Å². The minimum absolute atomic E-state index is 0.102. The lowest BCUT2D eigenvalue weighted by molar-refractivity contribution is -0.154. The quantitative estimate of drug-likeness (QED) is 0.710. The summed E-state index contributed by atoms with van der Waals surface area (Å²) in [5.41, 5.74) is 0. The second-order valence-electron chi connectivity index (χ2n) is 5.00. The highest BCUT2D eigenvalue weighted by Crippen LogP contribution is 2.38. The Morgan fingerprint density at radius 1 is 1.56 bits per heavy atom. The van der Waals surface area contributed by atoms with E-state index in [4.69, 9.17) is 9.47 Å². The molecule has 2 aliphatic rings. The third-order valence-corrected chi connectivity index (χ3v) is 3.91. The molecule has 0 N–H and O–H groups in total. The minimum Gasteiger partial charge on any atom is -0.469 e. The van der Waals surface area contributed by atoms with E-state index in [0.717, 1.165) is 6.42 Å². The van der Waals surface area contributed by atoms with Crippen molar-refractivity contribution >= 4 is 5.97 Å². The van der Waals surface area contributed by atoms with Gasteiger partial charge in [0.25, 0.3) is 0 Å². The summed E-state index contributed by atoms with van der Waals surface area (Å²) in [7, 11) is 1.40. The van der Waals surface area contributed by atoms with Crippen molar-refractivity contribution < 1.29 is 18.7 Å². The number of esters is 1. The van der Waals surface area contributed by atoms with Crippen molar-refractivity contribution in [2.24, 2.45) is 23.7 Å². The van der Waals surface area contributed by atoms with E-state index in [1.165, 1.54) is 13.2 Å². The second-order valence-corrected chi connectivity index (χ2v) is 5.00. The fourth-order valence-electron chi connectivity index (χ4n) is 2.94. The molecule has 0 aromatic carbocycles. The Bertz CT molecular complexity index is 375. The zero-order valence-corrected chi connectivity index (χ0v) is 10.8. The number of carbonyl (C=O) groups excluding carboxylic acids is 1. The average Bonchev–Trinajstić information content (AvgIpc) is 2.38. The maximum absolute atomic E-state index is 13.2. The standard InChI is InChI=1S/C14H19FO3/c1-9-7-10(15)3-4-11(9)12-5-6-18-8-13(12)14(16)17-2/h3-4,7,9,11-13H,5-6,8H2,1-2H3. The predicted molar refractivity (Wildman–Crippen MR) is 65.4 cm³/mol. The number of carbonyl (C=O) groups is 1. The summed E-state index contributed by atoms with van der Waals surface area (Å²) in [6.07, 6.45) is 5.81. The molecule has 0 radical (unpaired) electrons. The first-order valence-corrected chi connectivity index (χ1v) is 6.34. The molecule has 4 atom stereocenters. The van der Waals surface area contributed by atoms with Crippen LogP contribution < -0.4 is 0 Å². The van der Waals surface area contributed by atoms with Gasteiger partial charge in [0.1, 0.15) is 5.83 Å². The number of hydrogen-bond acceptors (Lipinski definition) is 3. The Morgan fingerprint density at radius 3 is 3.00 bits per heavy atom. The van der Waals surface area contributed by atoms with Crippen molar-refractivity contribution in [3.05, 3.63) is 24.1 Å². The predicted octanol–water partition coefficient (Wildman–Crippen LogP) is 2.49. The molecule has 0 saturated carbocycles. The monoisotopic (exact) mass is 254 g/mol. The topological polar surface area (TPSA) is 35.5 Å². The largest absolute Gasteiger partial charge is 0.469 e. The molecule has 2 rings (SSSR count). The average molecular weight is 254 g/mol. The van der Waals surface area contributed by atoms with Gasteiger partial charge >= 0.3 is 5.97 Å². The molecule has 1 saturated heterocycles. The van der Waals surface area contributed by atoms with Crippen LogP contribution >= 0.6 is 0 Å². The maximum atomic E-state index is 13.2. The van der Waals surface area contributed by atoms with Crippen molar-refractivity contribution in [1.82, 2.24) is 0 Å². The van der Waals surface area contributed by atoms with Gasteiger partial charge in [0.2, 0.25) is 0 Å². The molecular formula is C14H19FO3. The molecule has 3 nitrogen and oxygen atoms in total. The molecule has 0 bridgehead atoms. The number of rotatable bonds is 2. The van der Waals surface area contributed by atoms with Crippen molar-refractivity contribution in [3.8, 4) is 0 Å². The van der Waals surface area contributed by atoms with E-state index in [9.17, 15) is 9.18 Å². The molecule has 1 heterocycles. The fourth-order valence-corrected chi connectivity index (χ4v) is 2.94. The Balaban J connectivity index is 2.14. The van der Waals surface area contributed by atoms with E-state index < -0.39 is 0 Å². The van der Waals surface area contributed by atoms with E-state index in [2.05, 4.69) is 0 Å². The van der Waals surface area contributed by atoms with Crippen LogP contribution in [0, 0.1) is 23.7 Å². The first kappa shape index (κ1) is 13.3. The first-order valence-electron chi connectivity index (χ1n) is 6.34. The summed E-state index contributed by atoms with van der Waals surface area (Å²) in [4.78, 5) is 11.8. The molecule has 0 aromatic heterocycles. The summed E-state index contributed by atoms with van der Waals surface area (Å²) < 4.78 is 23.4. The van der Waals surface area contributed by atoms with Crippen LogP contribution in [-0.2, 0) is 14.3 Å². The number of allylic oxidation sites excluding steroid dienone is 4. The van der Waals surface area contributed by atoms with Crippen LogP contribution in [0.2, 0.25) is 0 Å². The SMILES string of the molecule is COC(=O)C1COCCC1C1C=CC(F)=CC1C. The van der Waals surface area contributed by atoms with Gasteiger partial charge < -0.3 is 9.47 Å². The van der Waals surface area contributed by atoms with E-state index in [1.54, 1.807) is 6.08 Å². The number of halogens is 1. The number of ether oxygens (including phenoxy) is 2. The van der Waals surface area contributed by atoms with Gasteiger partial charge in [0, 0.05) is 6.61 Å². The maximum Gasteiger partial charge on any atom is 0.311 e. The smallest absolute Gasteiger partial charge is 0.311 e. The van der Waals surface area contributed by atoms with E-state index in [-0.39, 0.29) is 35.5 Å². The molecule has 4 unspecified atom stereocenters. The molecule has 4 heteroatoms. The highest BCUT2D eigenvalue weighted by molar-refractivity contribution is 5.73.